The van der Waals surface area contributed by atoms with Gasteiger partial charge in [-0.2, -0.15) is 0 Å². The summed E-state index contributed by atoms with van der Waals surface area (Å²) in [5.74, 6) is 0.884. The third-order valence-corrected chi connectivity index (χ3v) is 5.09. The number of nitrogens with one attached hydrogen (secondary N) is 1. The minimum absolute atomic E-state index is 0.216. The van der Waals surface area contributed by atoms with Crippen molar-refractivity contribution >= 4 is 27.3 Å². The first kappa shape index (κ1) is 17.3. The normalized spacial score (nSPS) is 16.0. The standard InChI is InChI=1S/C17H25BrN2O2/c1-12(2)10-11-19-15-9-8-14(18)16(17(15)20(21)22)13-6-4-3-5-7-13/h8-9,12-13,19H,3-7,10-11H2,1-2H3. The molecule has 122 valence electrons. The Balaban J connectivity index is 2.31. The average molecular weight is 369 g/mol. The van der Waals surface area contributed by atoms with Crippen molar-refractivity contribution < 1.29 is 4.92 Å². The van der Waals surface area contributed by atoms with Crippen LogP contribution in [0.5, 0.6) is 0 Å². The van der Waals surface area contributed by atoms with Gasteiger partial charge in [0.1, 0.15) is 5.69 Å². The molecule has 1 fully saturated rings. The minimum Gasteiger partial charge on any atom is -0.379 e. The molecule has 0 saturated heterocycles. The first-order chi connectivity index (χ1) is 10.5. The highest BCUT2D eigenvalue weighted by Crippen LogP contribution is 2.44. The van der Waals surface area contributed by atoms with Crippen LogP contribution in [-0.2, 0) is 0 Å². The van der Waals surface area contributed by atoms with E-state index in [1.54, 1.807) is 0 Å². The van der Waals surface area contributed by atoms with E-state index >= 15 is 0 Å². The van der Waals surface area contributed by atoms with E-state index in [2.05, 4.69) is 35.1 Å². The lowest BCUT2D eigenvalue weighted by atomic mass is 9.83. The highest BCUT2D eigenvalue weighted by Gasteiger charge is 2.29. The predicted octanol–water partition coefficient (Wildman–Crippen LogP) is 5.86. The molecule has 1 aliphatic carbocycles. The Labute approximate surface area is 141 Å². The molecule has 1 saturated carbocycles. The predicted molar refractivity (Wildman–Crippen MR) is 94.6 cm³/mol. The fourth-order valence-electron chi connectivity index (χ4n) is 3.20. The van der Waals surface area contributed by atoms with Gasteiger partial charge in [-0.25, -0.2) is 0 Å². The van der Waals surface area contributed by atoms with Crippen LogP contribution in [0.3, 0.4) is 0 Å². The molecule has 0 heterocycles. The molecule has 4 nitrogen and oxygen atoms in total. The largest absolute Gasteiger partial charge is 0.379 e. The molecule has 0 amide bonds. The van der Waals surface area contributed by atoms with Gasteiger partial charge in [-0.3, -0.25) is 10.1 Å². The number of nitro groups is 1. The van der Waals surface area contributed by atoms with E-state index < -0.39 is 0 Å². The molecule has 5 heteroatoms. The molecule has 1 aromatic rings. The van der Waals surface area contributed by atoms with Crippen molar-refractivity contribution in [1.82, 2.24) is 0 Å². The van der Waals surface area contributed by atoms with Crippen LogP contribution in [0, 0.1) is 16.0 Å². The third-order valence-electron chi connectivity index (χ3n) is 4.40. The quantitative estimate of drug-likeness (QED) is 0.504. The van der Waals surface area contributed by atoms with E-state index in [9.17, 15) is 10.1 Å². The van der Waals surface area contributed by atoms with Gasteiger partial charge in [-0.05, 0) is 43.2 Å². The van der Waals surface area contributed by atoms with Gasteiger partial charge in [0.05, 0.1) is 4.92 Å². The number of nitro benzene ring substituents is 1. The van der Waals surface area contributed by atoms with Gasteiger partial charge in [-0.1, -0.05) is 49.0 Å². The summed E-state index contributed by atoms with van der Waals surface area (Å²) in [5, 5.41) is 14.9. The molecule has 2 rings (SSSR count). The Morgan fingerprint density at radius 3 is 2.59 bits per heavy atom. The van der Waals surface area contributed by atoms with Gasteiger partial charge in [0.25, 0.3) is 5.69 Å². The van der Waals surface area contributed by atoms with Gasteiger partial charge in [0.15, 0.2) is 0 Å². The van der Waals surface area contributed by atoms with Crippen LogP contribution >= 0.6 is 15.9 Å². The van der Waals surface area contributed by atoms with E-state index in [0.29, 0.717) is 17.5 Å². The summed E-state index contributed by atoms with van der Waals surface area (Å²) in [5.41, 5.74) is 1.82. The Hall–Kier alpha value is -1.10. The SMILES string of the molecule is CC(C)CCNc1ccc(Br)c(C2CCCCC2)c1[N+](=O)[O-]. The summed E-state index contributed by atoms with van der Waals surface area (Å²) in [6, 6.07) is 3.78. The van der Waals surface area contributed by atoms with Gasteiger partial charge >= 0.3 is 0 Å². The van der Waals surface area contributed by atoms with E-state index in [1.165, 1.54) is 19.3 Å². The Morgan fingerprint density at radius 2 is 2.00 bits per heavy atom. The Bertz CT molecular complexity index is 526. The Morgan fingerprint density at radius 1 is 1.32 bits per heavy atom. The topological polar surface area (TPSA) is 55.2 Å². The number of nitrogens with zero attached hydrogens (tertiary/aromatic N) is 1. The van der Waals surface area contributed by atoms with Gasteiger partial charge < -0.3 is 5.32 Å². The summed E-state index contributed by atoms with van der Waals surface area (Å²) >= 11 is 3.54. The molecule has 22 heavy (non-hydrogen) atoms. The van der Waals surface area contributed by atoms with E-state index in [1.807, 2.05) is 12.1 Å². The summed E-state index contributed by atoms with van der Waals surface area (Å²) in [7, 11) is 0. The molecule has 0 bridgehead atoms. The fourth-order valence-corrected chi connectivity index (χ4v) is 3.84. The maximum absolute atomic E-state index is 11.7. The zero-order chi connectivity index (χ0) is 16.1. The maximum atomic E-state index is 11.7. The van der Waals surface area contributed by atoms with Crippen molar-refractivity contribution in [2.45, 2.75) is 58.3 Å². The van der Waals surface area contributed by atoms with Crippen molar-refractivity contribution in [3.63, 3.8) is 0 Å². The second-order valence-corrected chi connectivity index (χ2v) is 7.41. The summed E-state index contributed by atoms with van der Waals surface area (Å²) < 4.78 is 0.875. The van der Waals surface area contributed by atoms with Gasteiger partial charge in [0, 0.05) is 16.6 Å². The molecule has 0 unspecified atom stereocenters. The average Bonchev–Trinajstić information content (AvgIpc) is 2.48. The molecule has 0 atom stereocenters. The lowest BCUT2D eigenvalue weighted by Gasteiger charge is -2.24. The van der Waals surface area contributed by atoms with Crippen LogP contribution < -0.4 is 5.32 Å². The van der Waals surface area contributed by atoms with Crippen molar-refractivity contribution in [1.29, 1.82) is 0 Å². The van der Waals surface area contributed by atoms with Gasteiger partial charge in [0.2, 0.25) is 0 Å². The van der Waals surface area contributed by atoms with Crippen LogP contribution in [0.15, 0.2) is 16.6 Å². The minimum atomic E-state index is -0.216. The molecule has 0 aliphatic heterocycles. The third kappa shape index (κ3) is 4.22. The highest BCUT2D eigenvalue weighted by molar-refractivity contribution is 9.10. The number of hydrogen-bond acceptors (Lipinski definition) is 3. The maximum Gasteiger partial charge on any atom is 0.296 e. The van der Waals surface area contributed by atoms with Crippen molar-refractivity contribution in [3.05, 3.63) is 32.3 Å². The number of hydrogen-bond donors (Lipinski definition) is 1. The van der Waals surface area contributed by atoms with Crippen LogP contribution in [-0.4, -0.2) is 11.5 Å². The zero-order valence-corrected chi connectivity index (χ0v) is 15.0. The van der Waals surface area contributed by atoms with Crippen LogP contribution in [0.1, 0.15) is 63.9 Å². The van der Waals surface area contributed by atoms with E-state index in [4.69, 9.17) is 0 Å². The highest BCUT2D eigenvalue weighted by atomic mass is 79.9. The van der Waals surface area contributed by atoms with Crippen LogP contribution in [0.4, 0.5) is 11.4 Å². The van der Waals surface area contributed by atoms with Crippen molar-refractivity contribution in [2.75, 3.05) is 11.9 Å². The second-order valence-electron chi connectivity index (χ2n) is 6.56. The number of halogens is 1. The van der Waals surface area contributed by atoms with E-state index in [0.717, 1.165) is 35.8 Å². The molecular formula is C17H25BrN2O2. The molecule has 1 N–H and O–H groups in total. The van der Waals surface area contributed by atoms with E-state index in [-0.39, 0.29) is 10.6 Å². The molecule has 0 radical (unpaired) electrons. The fraction of sp³-hybridized carbons (Fsp3) is 0.647. The number of rotatable bonds is 6. The summed E-state index contributed by atoms with van der Waals surface area (Å²) in [4.78, 5) is 11.5. The summed E-state index contributed by atoms with van der Waals surface area (Å²) in [6.45, 7) is 5.08. The first-order valence-corrected chi connectivity index (χ1v) is 9.00. The molecular weight excluding hydrogens is 344 g/mol. The zero-order valence-electron chi connectivity index (χ0n) is 13.4. The summed E-state index contributed by atoms with van der Waals surface area (Å²) in [6.07, 6.45) is 6.68. The number of anilines is 1. The lowest BCUT2D eigenvalue weighted by Crippen LogP contribution is -2.12. The lowest BCUT2D eigenvalue weighted by molar-refractivity contribution is -0.384. The van der Waals surface area contributed by atoms with Crippen molar-refractivity contribution in [3.8, 4) is 0 Å². The smallest absolute Gasteiger partial charge is 0.296 e. The number of benzene rings is 1. The van der Waals surface area contributed by atoms with Crippen LogP contribution in [0.25, 0.3) is 0 Å². The monoisotopic (exact) mass is 368 g/mol. The second kappa shape index (κ2) is 7.95. The van der Waals surface area contributed by atoms with Crippen LogP contribution in [0.2, 0.25) is 0 Å². The molecule has 1 aromatic carbocycles. The van der Waals surface area contributed by atoms with Crippen molar-refractivity contribution in [2.24, 2.45) is 5.92 Å². The molecule has 0 aromatic heterocycles. The molecule has 0 spiro atoms. The molecule has 1 aliphatic rings. The van der Waals surface area contributed by atoms with Gasteiger partial charge in [-0.15, -0.1) is 0 Å². The first-order valence-electron chi connectivity index (χ1n) is 8.21. The Kier molecular flexibility index (Phi) is 6.24.